The normalized spacial score (nSPS) is 10.1. The highest BCUT2D eigenvalue weighted by Gasteiger charge is 2.09. The summed E-state index contributed by atoms with van der Waals surface area (Å²) in [7, 11) is 5.43. The van der Waals surface area contributed by atoms with Crippen LogP contribution in [0.1, 0.15) is 0 Å². The second-order valence-corrected chi connectivity index (χ2v) is 3.33. The Balaban J connectivity index is 2.98. The third-order valence-electron chi connectivity index (χ3n) is 1.81. The molecule has 3 N–H and O–H groups in total. The minimum absolute atomic E-state index is 0.0411. The molecular formula is C8H16N6O. The van der Waals surface area contributed by atoms with Crippen molar-refractivity contribution in [2.45, 2.75) is 0 Å². The lowest BCUT2D eigenvalue weighted by molar-refractivity contribution is 0.303. The summed E-state index contributed by atoms with van der Waals surface area (Å²) in [5.74, 6) is 1.14. The lowest BCUT2D eigenvalue weighted by Crippen LogP contribution is -2.25. The molecule has 0 aromatic carbocycles. The van der Waals surface area contributed by atoms with Crippen molar-refractivity contribution in [3.63, 3.8) is 0 Å². The molecule has 1 rings (SSSR count). The van der Waals surface area contributed by atoms with Crippen molar-refractivity contribution in [3.8, 4) is 0 Å². The van der Waals surface area contributed by atoms with Gasteiger partial charge in [-0.1, -0.05) is 0 Å². The minimum atomic E-state index is 0.0411. The molecule has 0 bridgehead atoms. The van der Waals surface area contributed by atoms with Crippen molar-refractivity contribution in [1.82, 2.24) is 15.0 Å². The van der Waals surface area contributed by atoms with Crippen LogP contribution in [-0.2, 0) is 0 Å². The highest BCUT2D eigenvalue weighted by atomic mass is 16.3. The quantitative estimate of drug-likeness (QED) is 0.657. The van der Waals surface area contributed by atoms with E-state index in [-0.39, 0.29) is 12.6 Å². The SMILES string of the molecule is CN(C)c1nc(N)nc(N(C)CCO)n1. The zero-order valence-corrected chi connectivity index (χ0v) is 9.17. The monoisotopic (exact) mass is 212 g/mol. The third-order valence-corrected chi connectivity index (χ3v) is 1.81. The molecule has 0 atom stereocenters. The van der Waals surface area contributed by atoms with E-state index in [1.54, 1.807) is 16.8 Å². The molecule has 0 radical (unpaired) electrons. The van der Waals surface area contributed by atoms with Crippen LogP contribution in [-0.4, -0.2) is 54.4 Å². The van der Waals surface area contributed by atoms with Gasteiger partial charge in [0.15, 0.2) is 0 Å². The van der Waals surface area contributed by atoms with E-state index >= 15 is 0 Å². The predicted molar refractivity (Wildman–Crippen MR) is 58.9 cm³/mol. The summed E-state index contributed by atoms with van der Waals surface area (Å²) >= 11 is 0. The summed E-state index contributed by atoms with van der Waals surface area (Å²) in [4.78, 5) is 15.6. The fourth-order valence-electron chi connectivity index (χ4n) is 0.990. The van der Waals surface area contributed by atoms with Crippen molar-refractivity contribution in [2.24, 2.45) is 0 Å². The number of rotatable bonds is 4. The first-order valence-corrected chi connectivity index (χ1v) is 4.55. The van der Waals surface area contributed by atoms with E-state index in [4.69, 9.17) is 10.8 Å². The number of anilines is 3. The molecule has 84 valence electrons. The zero-order valence-electron chi connectivity index (χ0n) is 9.17. The summed E-state index contributed by atoms with van der Waals surface area (Å²) in [6.45, 7) is 0.496. The molecule has 15 heavy (non-hydrogen) atoms. The molecule has 0 unspecified atom stereocenters. The van der Waals surface area contributed by atoms with E-state index in [2.05, 4.69) is 15.0 Å². The highest BCUT2D eigenvalue weighted by molar-refractivity contribution is 5.41. The van der Waals surface area contributed by atoms with Crippen molar-refractivity contribution >= 4 is 17.8 Å². The number of hydrogen-bond acceptors (Lipinski definition) is 7. The van der Waals surface area contributed by atoms with Crippen molar-refractivity contribution in [2.75, 3.05) is 49.8 Å². The smallest absolute Gasteiger partial charge is 0.231 e. The number of aliphatic hydroxyl groups excluding tert-OH is 1. The first-order valence-electron chi connectivity index (χ1n) is 4.55. The molecule has 7 nitrogen and oxygen atoms in total. The van der Waals surface area contributed by atoms with Gasteiger partial charge in [0.2, 0.25) is 17.8 Å². The Labute approximate surface area is 88.6 Å². The second-order valence-electron chi connectivity index (χ2n) is 3.33. The molecule has 0 amide bonds. The summed E-state index contributed by atoms with van der Waals surface area (Å²) in [6.07, 6.45) is 0. The Morgan fingerprint density at radius 1 is 1.13 bits per heavy atom. The standard InChI is InChI=1S/C8H16N6O/c1-13(2)7-10-6(9)11-8(12-7)14(3)4-5-15/h15H,4-5H2,1-3H3,(H2,9,10,11,12). The molecule has 0 aliphatic carbocycles. The van der Waals surface area contributed by atoms with Gasteiger partial charge in [0.1, 0.15) is 0 Å². The van der Waals surface area contributed by atoms with E-state index in [1.165, 1.54) is 0 Å². The molecule has 0 fully saturated rings. The van der Waals surface area contributed by atoms with Crippen LogP contribution in [0.25, 0.3) is 0 Å². The number of nitrogens with two attached hydrogens (primary N) is 1. The molecular weight excluding hydrogens is 196 g/mol. The van der Waals surface area contributed by atoms with Crippen LogP contribution in [0.4, 0.5) is 17.8 Å². The topological polar surface area (TPSA) is 91.4 Å². The Morgan fingerprint density at radius 3 is 2.27 bits per heavy atom. The number of aromatic nitrogens is 3. The predicted octanol–water partition coefficient (Wildman–Crippen LogP) is -1.05. The maximum absolute atomic E-state index is 8.79. The van der Waals surface area contributed by atoms with Gasteiger partial charge in [0.25, 0.3) is 0 Å². The van der Waals surface area contributed by atoms with Crippen LogP contribution in [0, 0.1) is 0 Å². The van der Waals surface area contributed by atoms with Crippen LogP contribution in [0.3, 0.4) is 0 Å². The van der Waals surface area contributed by atoms with E-state index in [1.807, 2.05) is 14.1 Å². The number of nitrogens with zero attached hydrogens (tertiary/aromatic N) is 5. The Hall–Kier alpha value is -1.63. The van der Waals surface area contributed by atoms with Crippen molar-refractivity contribution < 1.29 is 5.11 Å². The van der Waals surface area contributed by atoms with Gasteiger partial charge >= 0.3 is 0 Å². The zero-order chi connectivity index (χ0) is 11.4. The second kappa shape index (κ2) is 4.74. The fourth-order valence-corrected chi connectivity index (χ4v) is 0.990. The third kappa shape index (κ3) is 2.91. The summed E-state index contributed by atoms with van der Waals surface area (Å²) in [5, 5.41) is 8.79. The van der Waals surface area contributed by atoms with E-state index < -0.39 is 0 Å². The molecule has 0 aliphatic rings. The molecule has 0 saturated heterocycles. The average Bonchev–Trinajstić information content (AvgIpc) is 2.17. The van der Waals surface area contributed by atoms with Gasteiger partial charge in [0.05, 0.1) is 6.61 Å². The van der Waals surface area contributed by atoms with Crippen LogP contribution in [0.5, 0.6) is 0 Å². The van der Waals surface area contributed by atoms with Crippen LogP contribution >= 0.6 is 0 Å². The van der Waals surface area contributed by atoms with E-state index in [9.17, 15) is 0 Å². The highest BCUT2D eigenvalue weighted by Crippen LogP contribution is 2.11. The lowest BCUT2D eigenvalue weighted by atomic mass is 10.6. The maximum atomic E-state index is 8.79. The average molecular weight is 212 g/mol. The van der Waals surface area contributed by atoms with Crippen molar-refractivity contribution in [1.29, 1.82) is 0 Å². The van der Waals surface area contributed by atoms with Gasteiger partial charge in [-0.2, -0.15) is 15.0 Å². The number of aliphatic hydroxyl groups is 1. The molecule has 7 heteroatoms. The Bertz CT molecular complexity index is 329. The maximum Gasteiger partial charge on any atom is 0.231 e. The molecule has 1 heterocycles. The van der Waals surface area contributed by atoms with Crippen LogP contribution in [0.2, 0.25) is 0 Å². The summed E-state index contributed by atoms with van der Waals surface area (Å²) in [5.41, 5.74) is 5.55. The van der Waals surface area contributed by atoms with Gasteiger partial charge in [0, 0.05) is 27.7 Å². The van der Waals surface area contributed by atoms with Gasteiger partial charge in [-0.15, -0.1) is 0 Å². The summed E-state index contributed by atoms with van der Waals surface area (Å²) < 4.78 is 0. The lowest BCUT2D eigenvalue weighted by Gasteiger charge is -2.17. The number of likely N-dealkylation sites (N-methyl/N-ethyl adjacent to an activating group) is 1. The number of nitrogen functional groups attached to an aromatic ring is 1. The van der Waals surface area contributed by atoms with Crippen molar-refractivity contribution in [3.05, 3.63) is 0 Å². The van der Waals surface area contributed by atoms with Crippen LogP contribution < -0.4 is 15.5 Å². The van der Waals surface area contributed by atoms with Crippen LogP contribution in [0.15, 0.2) is 0 Å². The first-order chi connectivity index (χ1) is 7.04. The molecule has 0 aliphatic heterocycles. The fraction of sp³-hybridized carbons (Fsp3) is 0.625. The molecule has 0 spiro atoms. The van der Waals surface area contributed by atoms with E-state index in [0.29, 0.717) is 18.4 Å². The number of hydrogen-bond donors (Lipinski definition) is 2. The Morgan fingerprint density at radius 2 is 1.73 bits per heavy atom. The van der Waals surface area contributed by atoms with Gasteiger partial charge in [-0.25, -0.2) is 0 Å². The molecule has 1 aromatic rings. The summed E-state index contributed by atoms with van der Waals surface area (Å²) in [6, 6.07) is 0. The minimum Gasteiger partial charge on any atom is -0.395 e. The van der Waals surface area contributed by atoms with Gasteiger partial charge < -0.3 is 20.6 Å². The molecule has 1 aromatic heterocycles. The van der Waals surface area contributed by atoms with E-state index in [0.717, 1.165) is 0 Å². The first kappa shape index (κ1) is 11.4. The van der Waals surface area contributed by atoms with Gasteiger partial charge in [-0.05, 0) is 0 Å². The van der Waals surface area contributed by atoms with Gasteiger partial charge in [-0.3, -0.25) is 0 Å². The largest absolute Gasteiger partial charge is 0.395 e. The Kier molecular flexibility index (Phi) is 3.62. The molecule has 0 saturated carbocycles.